The van der Waals surface area contributed by atoms with Crippen molar-refractivity contribution in [2.45, 2.75) is 39.2 Å². The monoisotopic (exact) mass is 251 g/mol. The fourth-order valence-electron chi connectivity index (χ4n) is 1.47. The largest absolute Gasteiger partial charge is 0.492 e. The van der Waals surface area contributed by atoms with E-state index in [1.807, 2.05) is 13.8 Å². The van der Waals surface area contributed by atoms with Gasteiger partial charge in [-0.05, 0) is 25.8 Å². The third-order valence-corrected chi connectivity index (χ3v) is 2.69. The number of pyridine rings is 1. The lowest BCUT2D eigenvalue weighted by Gasteiger charge is -2.09. The van der Waals surface area contributed by atoms with Crippen molar-refractivity contribution in [3.05, 3.63) is 24.0 Å². The number of ketones is 1. The molecule has 0 amide bonds. The van der Waals surface area contributed by atoms with Gasteiger partial charge in [0.05, 0.1) is 18.9 Å². The Kier molecular flexibility index (Phi) is 6.36. The Morgan fingerprint density at radius 2 is 2.22 bits per heavy atom. The van der Waals surface area contributed by atoms with E-state index in [1.165, 1.54) is 0 Å². The maximum atomic E-state index is 11.9. The molecule has 0 saturated heterocycles. The van der Waals surface area contributed by atoms with Crippen LogP contribution in [0.4, 0.5) is 0 Å². The van der Waals surface area contributed by atoms with Gasteiger partial charge in [-0.3, -0.25) is 9.78 Å². The van der Waals surface area contributed by atoms with E-state index in [2.05, 4.69) is 4.98 Å². The first kappa shape index (κ1) is 14.6. The highest BCUT2D eigenvalue weighted by Crippen LogP contribution is 2.14. The van der Waals surface area contributed by atoms with Crippen LogP contribution in [0.1, 0.15) is 43.5 Å². The minimum absolute atomic E-state index is 0.0772. The van der Waals surface area contributed by atoms with Crippen LogP contribution >= 0.6 is 0 Å². The van der Waals surface area contributed by atoms with Crippen LogP contribution in [0.5, 0.6) is 5.75 Å². The Hall–Kier alpha value is -1.42. The molecular weight excluding hydrogens is 230 g/mol. The predicted octanol–water partition coefficient (Wildman–Crippen LogP) is 2.87. The van der Waals surface area contributed by atoms with Crippen molar-refractivity contribution in [3.63, 3.8) is 0 Å². The first-order chi connectivity index (χ1) is 8.67. The summed E-state index contributed by atoms with van der Waals surface area (Å²) in [6.07, 6.45) is 5.43. The van der Waals surface area contributed by atoms with E-state index in [-0.39, 0.29) is 11.9 Å². The number of Topliss-reactive ketones (excluding diaryl/α,β-unsaturated/α-hetero) is 1. The molecule has 0 aliphatic carbocycles. The number of carbonyl (C=O) groups excluding carboxylic acids is 1. The molecule has 0 saturated carbocycles. The van der Waals surface area contributed by atoms with Crippen molar-refractivity contribution in [1.29, 1.82) is 0 Å². The molecule has 1 aromatic heterocycles. The number of methoxy groups -OCH3 is 1. The van der Waals surface area contributed by atoms with Gasteiger partial charge in [0.25, 0.3) is 0 Å². The zero-order valence-electron chi connectivity index (χ0n) is 11.3. The minimum Gasteiger partial charge on any atom is -0.492 e. The molecule has 4 heteroatoms. The summed E-state index contributed by atoms with van der Waals surface area (Å²) in [5.74, 6) is 0.732. The van der Waals surface area contributed by atoms with Crippen LogP contribution < -0.4 is 4.74 Å². The predicted molar refractivity (Wildman–Crippen MR) is 70.1 cm³/mol. The molecule has 1 aromatic rings. The third kappa shape index (κ3) is 4.84. The summed E-state index contributed by atoms with van der Waals surface area (Å²) in [6.45, 7) is 4.63. The van der Waals surface area contributed by atoms with Gasteiger partial charge in [0.2, 0.25) is 0 Å². The SMILES string of the molecule is CCCOc1cncc(C(=O)CCC(C)OC)c1. The van der Waals surface area contributed by atoms with Gasteiger partial charge in [0.15, 0.2) is 5.78 Å². The van der Waals surface area contributed by atoms with Gasteiger partial charge in [0.1, 0.15) is 5.75 Å². The molecule has 0 aliphatic rings. The van der Waals surface area contributed by atoms with Gasteiger partial charge in [-0.15, -0.1) is 0 Å². The average molecular weight is 251 g/mol. The molecule has 0 radical (unpaired) electrons. The lowest BCUT2D eigenvalue weighted by Crippen LogP contribution is -2.09. The van der Waals surface area contributed by atoms with Gasteiger partial charge in [-0.1, -0.05) is 6.92 Å². The van der Waals surface area contributed by atoms with Crippen LogP contribution in [0.15, 0.2) is 18.5 Å². The molecule has 0 bridgehead atoms. The quantitative estimate of drug-likeness (QED) is 0.667. The standard InChI is InChI=1S/C14H21NO3/c1-4-7-18-13-8-12(9-15-10-13)14(16)6-5-11(2)17-3/h8-11H,4-7H2,1-3H3. The number of rotatable bonds is 8. The van der Waals surface area contributed by atoms with Gasteiger partial charge in [-0.25, -0.2) is 0 Å². The summed E-state index contributed by atoms with van der Waals surface area (Å²) < 4.78 is 10.6. The zero-order chi connectivity index (χ0) is 13.4. The summed E-state index contributed by atoms with van der Waals surface area (Å²) in [7, 11) is 1.65. The molecule has 1 heterocycles. The first-order valence-electron chi connectivity index (χ1n) is 6.31. The Morgan fingerprint density at radius 3 is 2.89 bits per heavy atom. The Labute approximate surface area is 108 Å². The summed E-state index contributed by atoms with van der Waals surface area (Å²) in [5, 5.41) is 0. The molecule has 18 heavy (non-hydrogen) atoms. The van der Waals surface area contributed by atoms with E-state index in [9.17, 15) is 4.79 Å². The molecule has 1 rings (SSSR count). The van der Waals surface area contributed by atoms with Crippen molar-refractivity contribution >= 4 is 5.78 Å². The third-order valence-electron chi connectivity index (χ3n) is 2.69. The lowest BCUT2D eigenvalue weighted by molar-refractivity contribution is 0.0877. The van der Waals surface area contributed by atoms with Gasteiger partial charge in [0, 0.05) is 25.3 Å². The zero-order valence-corrected chi connectivity index (χ0v) is 11.3. The van der Waals surface area contributed by atoms with Crippen LogP contribution in [-0.4, -0.2) is 30.6 Å². The average Bonchev–Trinajstić information content (AvgIpc) is 2.42. The smallest absolute Gasteiger partial charge is 0.164 e. The number of aromatic nitrogens is 1. The molecular formula is C14H21NO3. The maximum Gasteiger partial charge on any atom is 0.164 e. The van der Waals surface area contributed by atoms with E-state index in [0.29, 0.717) is 24.3 Å². The maximum absolute atomic E-state index is 11.9. The molecule has 0 aliphatic heterocycles. The van der Waals surface area contributed by atoms with Crippen LogP contribution in [-0.2, 0) is 4.74 Å². The van der Waals surface area contributed by atoms with E-state index in [4.69, 9.17) is 9.47 Å². The normalized spacial score (nSPS) is 12.2. The highest BCUT2D eigenvalue weighted by atomic mass is 16.5. The molecule has 0 fully saturated rings. The van der Waals surface area contributed by atoms with Crippen molar-refractivity contribution in [3.8, 4) is 5.75 Å². The van der Waals surface area contributed by atoms with Gasteiger partial charge in [-0.2, -0.15) is 0 Å². The summed E-state index contributed by atoms with van der Waals surface area (Å²) in [5.41, 5.74) is 0.604. The van der Waals surface area contributed by atoms with Crippen LogP contribution in [0, 0.1) is 0 Å². The molecule has 1 unspecified atom stereocenters. The number of ether oxygens (including phenoxy) is 2. The lowest BCUT2D eigenvalue weighted by atomic mass is 10.1. The van der Waals surface area contributed by atoms with Crippen LogP contribution in [0.25, 0.3) is 0 Å². The fourth-order valence-corrected chi connectivity index (χ4v) is 1.47. The second kappa shape index (κ2) is 7.82. The van der Waals surface area contributed by atoms with E-state index in [0.717, 1.165) is 12.8 Å². The molecule has 1 atom stereocenters. The molecule has 0 spiro atoms. The molecule has 0 N–H and O–H groups in total. The summed E-state index contributed by atoms with van der Waals surface area (Å²) in [6, 6.07) is 1.75. The number of hydrogen-bond donors (Lipinski definition) is 0. The summed E-state index contributed by atoms with van der Waals surface area (Å²) >= 11 is 0. The van der Waals surface area contributed by atoms with Crippen LogP contribution in [0.2, 0.25) is 0 Å². The molecule has 4 nitrogen and oxygen atoms in total. The van der Waals surface area contributed by atoms with Gasteiger partial charge < -0.3 is 9.47 Å². The second-order valence-electron chi connectivity index (χ2n) is 4.27. The van der Waals surface area contributed by atoms with Crippen molar-refractivity contribution in [2.24, 2.45) is 0 Å². The summed E-state index contributed by atoms with van der Waals surface area (Å²) in [4.78, 5) is 16.0. The fraction of sp³-hybridized carbons (Fsp3) is 0.571. The van der Waals surface area contributed by atoms with Crippen molar-refractivity contribution in [2.75, 3.05) is 13.7 Å². The van der Waals surface area contributed by atoms with E-state index >= 15 is 0 Å². The Bertz CT molecular complexity index is 379. The first-order valence-corrected chi connectivity index (χ1v) is 6.31. The minimum atomic E-state index is 0.0772. The Morgan fingerprint density at radius 1 is 1.44 bits per heavy atom. The molecule has 0 aromatic carbocycles. The highest BCUT2D eigenvalue weighted by molar-refractivity contribution is 5.96. The van der Waals surface area contributed by atoms with Crippen LogP contribution in [0.3, 0.4) is 0 Å². The second-order valence-corrected chi connectivity index (χ2v) is 4.27. The number of nitrogens with zero attached hydrogens (tertiary/aromatic N) is 1. The van der Waals surface area contributed by atoms with E-state index < -0.39 is 0 Å². The number of carbonyl (C=O) groups is 1. The van der Waals surface area contributed by atoms with Gasteiger partial charge >= 0.3 is 0 Å². The van der Waals surface area contributed by atoms with Crippen molar-refractivity contribution < 1.29 is 14.3 Å². The Balaban J connectivity index is 2.56. The highest BCUT2D eigenvalue weighted by Gasteiger charge is 2.10. The van der Waals surface area contributed by atoms with E-state index in [1.54, 1.807) is 25.6 Å². The molecule has 100 valence electrons. The topological polar surface area (TPSA) is 48.4 Å². The van der Waals surface area contributed by atoms with Crippen molar-refractivity contribution in [1.82, 2.24) is 4.98 Å². The number of hydrogen-bond acceptors (Lipinski definition) is 4.